The second kappa shape index (κ2) is 12.2. The van der Waals surface area contributed by atoms with E-state index in [0.29, 0.717) is 41.7 Å². The van der Waals surface area contributed by atoms with Crippen LogP contribution in [0.3, 0.4) is 0 Å². The molecule has 1 heterocycles. The van der Waals surface area contributed by atoms with Crippen molar-refractivity contribution in [3.63, 3.8) is 0 Å². The number of hydrogen-bond donors (Lipinski definition) is 1. The summed E-state index contributed by atoms with van der Waals surface area (Å²) in [7, 11) is 0. The minimum absolute atomic E-state index is 0.0152. The van der Waals surface area contributed by atoms with E-state index in [9.17, 15) is 19.5 Å². The Morgan fingerprint density at radius 3 is 2.35 bits per heavy atom. The van der Waals surface area contributed by atoms with E-state index in [0.717, 1.165) is 16.7 Å². The summed E-state index contributed by atoms with van der Waals surface area (Å²) in [5.74, 6) is -1.03. The van der Waals surface area contributed by atoms with Gasteiger partial charge in [0.15, 0.2) is 0 Å². The van der Waals surface area contributed by atoms with Crippen molar-refractivity contribution < 1.29 is 29.0 Å². The van der Waals surface area contributed by atoms with Gasteiger partial charge in [-0.15, -0.1) is 0 Å². The summed E-state index contributed by atoms with van der Waals surface area (Å²) >= 11 is 0. The van der Waals surface area contributed by atoms with Crippen LogP contribution in [0.4, 0.5) is 5.69 Å². The molecule has 0 aliphatic carbocycles. The van der Waals surface area contributed by atoms with Crippen LogP contribution in [0, 0.1) is 19.8 Å². The maximum absolute atomic E-state index is 13.5. The number of anilines is 1. The van der Waals surface area contributed by atoms with Gasteiger partial charge >= 0.3 is 5.97 Å². The lowest BCUT2D eigenvalue weighted by Gasteiger charge is -2.26. The summed E-state index contributed by atoms with van der Waals surface area (Å²) in [5.41, 5.74) is 4.11. The first kappa shape index (κ1) is 28.6. The number of carbonyl (C=O) groups excluding carboxylic acids is 3. The third-order valence-electron chi connectivity index (χ3n) is 6.69. The number of esters is 1. The molecule has 0 radical (unpaired) electrons. The molecular formula is C33H35NO6. The van der Waals surface area contributed by atoms with E-state index in [2.05, 4.69) is 13.8 Å². The number of ketones is 1. The number of nitrogens with zero attached hydrogens (tertiary/aromatic N) is 1. The molecule has 3 aromatic carbocycles. The zero-order valence-electron chi connectivity index (χ0n) is 23.6. The van der Waals surface area contributed by atoms with Gasteiger partial charge in [-0.3, -0.25) is 19.3 Å². The van der Waals surface area contributed by atoms with Crippen LogP contribution >= 0.6 is 0 Å². The molecule has 7 nitrogen and oxygen atoms in total. The molecule has 0 spiro atoms. The number of carbonyl (C=O) groups is 3. The topological polar surface area (TPSA) is 93.1 Å². The Balaban J connectivity index is 1.78. The molecule has 7 heteroatoms. The fraction of sp³-hybridized carbons (Fsp3) is 0.303. The lowest BCUT2D eigenvalue weighted by Crippen LogP contribution is -2.29. The van der Waals surface area contributed by atoms with Crippen LogP contribution in [-0.2, 0) is 25.5 Å². The predicted molar refractivity (Wildman–Crippen MR) is 154 cm³/mol. The third-order valence-corrected chi connectivity index (χ3v) is 6.69. The highest BCUT2D eigenvalue weighted by molar-refractivity contribution is 6.51. The van der Waals surface area contributed by atoms with Crippen LogP contribution in [0.5, 0.6) is 5.75 Å². The van der Waals surface area contributed by atoms with Gasteiger partial charge in [0.1, 0.15) is 11.5 Å². The van der Waals surface area contributed by atoms with Crippen molar-refractivity contribution in [3.05, 3.63) is 100 Å². The van der Waals surface area contributed by atoms with Crippen molar-refractivity contribution in [3.8, 4) is 5.75 Å². The Morgan fingerprint density at radius 2 is 1.73 bits per heavy atom. The molecule has 208 valence electrons. The van der Waals surface area contributed by atoms with E-state index in [1.165, 1.54) is 4.90 Å². The smallest absolute Gasteiger partial charge is 0.310 e. The first-order chi connectivity index (χ1) is 19.1. The fourth-order valence-corrected chi connectivity index (χ4v) is 4.78. The Hall–Kier alpha value is -4.39. The van der Waals surface area contributed by atoms with Crippen molar-refractivity contribution in [2.75, 3.05) is 18.1 Å². The minimum Gasteiger partial charge on any atom is -0.507 e. The monoisotopic (exact) mass is 541 g/mol. The van der Waals surface area contributed by atoms with Gasteiger partial charge < -0.3 is 14.6 Å². The highest BCUT2D eigenvalue weighted by atomic mass is 16.5. The third kappa shape index (κ3) is 6.09. The van der Waals surface area contributed by atoms with Crippen molar-refractivity contribution in [2.24, 2.45) is 5.92 Å². The Kier molecular flexibility index (Phi) is 8.73. The average molecular weight is 542 g/mol. The van der Waals surface area contributed by atoms with Gasteiger partial charge in [0.2, 0.25) is 0 Å². The Bertz CT molecular complexity index is 1450. The number of rotatable bonds is 9. The number of ether oxygens (including phenoxy) is 2. The molecule has 0 aromatic heterocycles. The molecule has 4 rings (SSSR count). The first-order valence-corrected chi connectivity index (χ1v) is 13.5. The molecule has 40 heavy (non-hydrogen) atoms. The number of amides is 1. The number of aryl methyl sites for hydroxylation is 2. The maximum Gasteiger partial charge on any atom is 0.310 e. The van der Waals surface area contributed by atoms with E-state index in [4.69, 9.17) is 9.47 Å². The fourth-order valence-electron chi connectivity index (χ4n) is 4.78. The van der Waals surface area contributed by atoms with Gasteiger partial charge in [-0.1, -0.05) is 55.8 Å². The summed E-state index contributed by atoms with van der Waals surface area (Å²) in [6.07, 6.45) is 0.102. The van der Waals surface area contributed by atoms with Crippen molar-refractivity contribution in [1.29, 1.82) is 0 Å². The van der Waals surface area contributed by atoms with Gasteiger partial charge in [0, 0.05) is 11.3 Å². The van der Waals surface area contributed by atoms with Crippen molar-refractivity contribution in [1.82, 2.24) is 0 Å². The number of Topliss-reactive ketones (excluding diaryl/α,β-unsaturated/α-hetero) is 1. The molecular weight excluding hydrogens is 506 g/mol. The molecule has 1 unspecified atom stereocenters. The molecule has 0 bridgehead atoms. The molecule has 1 saturated heterocycles. The van der Waals surface area contributed by atoms with Crippen LogP contribution in [-0.4, -0.2) is 36.0 Å². The molecule has 0 saturated carbocycles. The van der Waals surface area contributed by atoms with Crippen LogP contribution in [0.1, 0.15) is 54.6 Å². The lowest BCUT2D eigenvalue weighted by atomic mass is 9.93. The van der Waals surface area contributed by atoms with Gasteiger partial charge in [0.05, 0.1) is 31.2 Å². The number of aliphatic hydroxyl groups is 1. The summed E-state index contributed by atoms with van der Waals surface area (Å²) < 4.78 is 10.9. The lowest BCUT2D eigenvalue weighted by molar-refractivity contribution is -0.142. The summed E-state index contributed by atoms with van der Waals surface area (Å²) in [6.45, 7) is 10.5. The highest BCUT2D eigenvalue weighted by Crippen LogP contribution is 2.42. The zero-order chi connectivity index (χ0) is 29.0. The quantitative estimate of drug-likeness (QED) is 0.153. The standard InChI is InChI=1S/C33H35NO6/c1-6-39-28(35)18-23-10-13-26(14-11-23)34-30(24-9-7-8-21(4)16-24)29(32(37)33(34)38)31(36)25-12-15-27(22(5)17-25)40-19-20(2)3/h7-17,20,30,36H,6,18-19H2,1-5H3/b31-29-. The second-order valence-electron chi connectivity index (χ2n) is 10.4. The summed E-state index contributed by atoms with van der Waals surface area (Å²) in [5, 5.41) is 11.5. The van der Waals surface area contributed by atoms with Crippen LogP contribution in [0.2, 0.25) is 0 Å². The largest absolute Gasteiger partial charge is 0.507 e. The Labute approximate surface area is 235 Å². The molecule has 1 aliphatic heterocycles. The normalized spacial score (nSPS) is 16.4. The summed E-state index contributed by atoms with van der Waals surface area (Å²) in [6, 6.07) is 18.8. The number of benzene rings is 3. The molecule has 1 amide bonds. The maximum atomic E-state index is 13.5. The highest BCUT2D eigenvalue weighted by Gasteiger charge is 2.47. The number of aliphatic hydroxyl groups excluding tert-OH is 1. The van der Waals surface area contributed by atoms with E-state index in [1.54, 1.807) is 49.4 Å². The van der Waals surface area contributed by atoms with Crippen molar-refractivity contribution in [2.45, 2.75) is 47.1 Å². The molecule has 1 fully saturated rings. The van der Waals surface area contributed by atoms with E-state index >= 15 is 0 Å². The number of hydrogen-bond acceptors (Lipinski definition) is 6. The van der Waals surface area contributed by atoms with Gasteiger partial charge in [0.25, 0.3) is 11.7 Å². The SMILES string of the molecule is CCOC(=O)Cc1ccc(N2C(=O)C(=O)/C(=C(\O)c3ccc(OCC(C)C)c(C)c3)C2c2cccc(C)c2)cc1. The first-order valence-electron chi connectivity index (χ1n) is 13.5. The van der Waals surface area contributed by atoms with Gasteiger partial charge in [-0.05, 0) is 73.7 Å². The van der Waals surface area contributed by atoms with Crippen LogP contribution in [0.15, 0.2) is 72.3 Å². The van der Waals surface area contributed by atoms with E-state index in [1.807, 2.05) is 38.1 Å². The van der Waals surface area contributed by atoms with E-state index in [-0.39, 0.29) is 23.7 Å². The average Bonchev–Trinajstić information content (AvgIpc) is 3.18. The van der Waals surface area contributed by atoms with Gasteiger partial charge in [-0.2, -0.15) is 0 Å². The molecule has 3 aromatic rings. The van der Waals surface area contributed by atoms with Gasteiger partial charge in [-0.25, -0.2) is 0 Å². The second-order valence-corrected chi connectivity index (χ2v) is 10.4. The zero-order valence-corrected chi connectivity index (χ0v) is 23.6. The van der Waals surface area contributed by atoms with Crippen molar-refractivity contribution >= 4 is 29.1 Å². The predicted octanol–water partition coefficient (Wildman–Crippen LogP) is 6.07. The molecule has 1 aliphatic rings. The molecule has 1 atom stereocenters. The molecule has 1 N–H and O–H groups in total. The van der Waals surface area contributed by atoms with Crippen LogP contribution < -0.4 is 9.64 Å². The van der Waals surface area contributed by atoms with Crippen LogP contribution in [0.25, 0.3) is 5.76 Å². The van der Waals surface area contributed by atoms with E-state index < -0.39 is 17.7 Å². The summed E-state index contributed by atoms with van der Waals surface area (Å²) in [4.78, 5) is 40.3. The minimum atomic E-state index is -0.840. The Morgan fingerprint density at radius 1 is 1.00 bits per heavy atom.